The molecule has 1 aliphatic carbocycles. The van der Waals surface area contributed by atoms with Gasteiger partial charge in [0.2, 0.25) is 5.95 Å². The zero-order valence-electron chi connectivity index (χ0n) is 40.3. The molecule has 0 spiro atoms. The highest BCUT2D eigenvalue weighted by atomic mass is 28.4. The van der Waals surface area contributed by atoms with E-state index in [1.165, 1.54) is 20.7 Å². The van der Waals surface area contributed by atoms with Gasteiger partial charge < -0.3 is 18.9 Å². The first-order valence-electron chi connectivity index (χ1n) is 23.8. The van der Waals surface area contributed by atoms with Gasteiger partial charge in [-0.1, -0.05) is 181 Å². The number of anilines is 4. The molecule has 1 unspecified atom stereocenters. The predicted molar refractivity (Wildman–Crippen MR) is 281 cm³/mol. The molecule has 1 aliphatic heterocycles. The van der Waals surface area contributed by atoms with Crippen LogP contribution in [0, 0.1) is 0 Å². The zero-order valence-corrected chi connectivity index (χ0v) is 42.3. The van der Waals surface area contributed by atoms with Crippen LogP contribution >= 0.6 is 0 Å². The summed E-state index contributed by atoms with van der Waals surface area (Å²) in [6.45, 7) is 14.3. The second-order valence-corrected chi connectivity index (χ2v) is 28.6. The molecule has 1 saturated carbocycles. The molecular weight excluding hydrogens is 875 g/mol. The highest BCUT2D eigenvalue weighted by molar-refractivity contribution is 7.00. The summed E-state index contributed by atoms with van der Waals surface area (Å²) in [7, 11) is -4.53. The fraction of sp³-hybridized carbons (Fsp3) is 0.281. The number of nitrogens with one attached hydrogen (secondary N) is 1. The van der Waals surface area contributed by atoms with Crippen LogP contribution in [-0.4, -0.2) is 58.0 Å². The molecule has 9 rings (SSSR count). The van der Waals surface area contributed by atoms with Crippen molar-refractivity contribution in [3.63, 3.8) is 0 Å². The molecule has 68 heavy (non-hydrogen) atoms. The van der Waals surface area contributed by atoms with E-state index in [4.69, 9.17) is 23.6 Å². The van der Waals surface area contributed by atoms with Crippen molar-refractivity contribution < 1.29 is 18.4 Å². The maximum absolute atomic E-state index is 15.7. The Balaban J connectivity index is 1.22. The van der Waals surface area contributed by atoms with Crippen molar-refractivity contribution in [3.8, 4) is 5.75 Å². The Morgan fingerprint density at radius 1 is 0.574 bits per heavy atom. The topological polar surface area (TPSA) is 89.1 Å². The Morgan fingerprint density at radius 3 is 1.41 bits per heavy atom. The summed E-state index contributed by atoms with van der Waals surface area (Å²) >= 11 is 0. The Labute approximate surface area is 404 Å². The van der Waals surface area contributed by atoms with E-state index in [9.17, 15) is 0 Å². The minimum atomic E-state index is -3.09. The van der Waals surface area contributed by atoms with Crippen molar-refractivity contribution in [3.05, 3.63) is 188 Å². The lowest BCUT2D eigenvalue weighted by atomic mass is 9.89. The van der Waals surface area contributed by atoms with Crippen molar-refractivity contribution in [2.75, 3.05) is 22.2 Å². The van der Waals surface area contributed by atoms with Crippen molar-refractivity contribution >= 4 is 66.6 Å². The number of urea groups is 1. The molecule has 2 heterocycles. The number of hydrogen-bond acceptors (Lipinski definition) is 7. The average molecular weight is 938 g/mol. The molecule has 7 aromatic rings. The second-order valence-electron chi connectivity index (χ2n) is 20.1. The number of carbonyl (C=O) groups excluding carboxylic acids is 1. The van der Waals surface area contributed by atoms with Crippen LogP contribution in [0.25, 0.3) is 0 Å². The second kappa shape index (κ2) is 19.3. The molecular formula is C57H63N5O4Si2. The van der Waals surface area contributed by atoms with Gasteiger partial charge in [-0.25, -0.2) is 9.78 Å². The lowest BCUT2D eigenvalue weighted by Crippen LogP contribution is -2.70. The summed E-state index contributed by atoms with van der Waals surface area (Å²) in [5.74, 6) is 1.73. The average Bonchev–Trinajstić information content (AvgIpc) is 3.35. The van der Waals surface area contributed by atoms with Gasteiger partial charge in [-0.2, -0.15) is 4.98 Å². The predicted octanol–water partition coefficient (Wildman–Crippen LogP) is 10.6. The Bertz CT molecular complexity index is 2580. The maximum atomic E-state index is 15.7. The molecule has 6 aromatic carbocycles. The van der Waals surface area contributed by atoms with Gasteiger partial charge in [0.1, 0.15) is 11.6 Å². The van der Waals surface area contributed by atoms with Gasteiger partial charge in [0.15, 0.2) is 0 Å². The molecule has 11 heteroatoms. The highest BCUT2D eigenvalue weighted by Crippen LogP contribution is 2.45. The van der Waals surface area contributed by atoms with Gasteiger partial charge in [0.25, 0.3) is 16.6 Å². The number of ether oxygens (including phenoxy) is 1. The normalized spacial score (nSPS) is 17.9. The van der Waals surface area contributed by atoms with Crippen LogP contribution in [0.5, 0.6) is 5.75 Å². The van der Waals surface area contributed by atoms with Crippen molar-refractivity contribution in [1.29, 1.82) is 0 Å². The molecule has 348 valence electrons. The fourth-order valence-corrected chi connectivity index (χ4v) is 20.1. The van der Waals surface area contributed by atoms with Gasteiger partial charge >= 0.3 is 6.03 Å². The lowest BCUT2D eigenvalue weighted by Gasteiger charge is -2.51. The molecule has 0 saturated heterocycles. The van der Waals surface area contributed by atoms with Gasteiger partial charge in [0, 0.05) is 29.2 Å². The molecule has 9 nitrogen and oxygen atoms in total. The fourth-order valence-electron chi connectivity index (χ4n) is 10.7. The van der Waals surface area contributed by atoms with E-state index in [1.54, 1.807) is 7.11 Å². The molecule has 1 aromatic heterocycles. The van der Waals surface area contributed by atoms with Crippen LogP contribution in [0.2, 0.25) is 10.1 Å². The van der Waals surface area contributed by atoms with E-state index < -0.39 is 16.6 Å². The molecule has 1 N–H and O–H groups in total. The minimum Gasteiger partial charge on any atom is -0.497 e. The van der Waals surface area contributed by atoms with Crippen molar-refractivity contribution in [1.82, 2.24) is 9.97 Å². The number of nitrogens with zero attached hydrogens (tertiary/aromatic N) is 4. The molecule has 0 radical (unpaired) electrons. The summed E-state index contributed by atoms with van der Waals surface area (Å²) in [5.41, 5.74) is 2.46. The maximum Gasteiger partial charge on any atom is 0.330 e. The van der Waals surface area contributed by atoms with E-state index >= 15 is 4.79 Å². The largest absolute Gasteiger partial charge is 0.497 e. The quantitative estimate of drug-likeness (QED) is 0.115. The third kappa shape index (κ3) is 9.03. The Hall–Kier alpha value is -6.38. The molecule has 0 bridgehead atoms. The third-order valence-corrected chi connectivity index (χ3v) is 23.9. The lowest BCUT2D eigenvalue weighted by molar-refractivity contribution is 0.0473. The van der Waals surface area contributed by atoms with Crippen molar-refractivity contribution in [2.45, 2.75) is 95.7 Å². The smallest absolute Gasteiger partial charge is 0.330 e. The van der Waals surface area contributed by atoms with E-state index in [0.29, 0.717) is 43.3 Å². The number of rotatable bonds is 13. The zero-order chi connectivity index (χ0) is 47.5. The number of carbonyl (C=O) groups is 1. The SMILES string of the molecule is COc1ccc(N2Cc3cnc(Nc4ccccc4)nc3N(C3C[C@@H](O[Si](c4ccccc4)(c4ccccc4)C(C)(C)C)C[C@@H](O[Si](c4ccccc4)(c4ccccc4)C(C)(C)C)C3)C2=O)cc1. The number of aromatic nitrogens is 2. The summed E-state index contributed by atoms with van der Waals surface area (Å²) in [6.07, 6.45) is 3.03. The van der Waals surface area contributed by atoms with Crippen LogP contribution < -0.4 is 40.6 Å². The van der Waals surface area contributed by atoms with E-state index in [1.807, 2.05) is 70.6 Å². The van der Waals surface area contributed by atoms with Crippen LogP contribution in [0.3, 0.4) is 0 Å². The Kier molecular flexibility index (Phi) is 13.3. The number of methoxy groups -OCH3 is 1. The molecule has 1 fully saturated rings. The van der Waals surface area contributed by atoms with Crippen LogP contribution in [0.4, 0.5) is 27.9 Å². The molecule has 2 amide bonds. The number of amides is 2. The molecule has 3 atom stereocenters. The van der Waals surface area contributed by atoms with Gasteiger partial charge in [-0.15, -0.1) is 0 Å². The summed E-state index contributed by atoms with van der Waals surface area (Å²) < 4.78 is 21.7. The highest BCUT2D eigenvalue weighted by Gasteiger charge is 2.56. The molecule has 2 aliphatic rings. The Morgan fingerprint density at radius 2 is 1.00 bits per heavy atom. The number of fused-ring (bicyclic) bond motifs is 1. The number of para-hydroxylation sites is 1. The summed E-state index contributed by atoms with van der Waals surface area (Å²) in [5, 5.41) is 7.69. The first kappa shape index (κ1) is 46.7. The van der Waals surface area contributed by atoms with Gasteiger partial charge in [-0.05, 0) is 86.5 Å². The van der Waals surface area contributed by atoms with Crippen LogP contribution in [-0.2, 0) is 15.4 Å². The first-order chi connectivity index (χ1) is 32.8. The third-order valence-electron chi connectivity index (χ3n) is 13.7. The van der Waals surface area contributed by atoms with Gasteiger partial charge in [-0.3, -0.25) is 9.80 Å². The standard InChI is InChI=1S/C57H63N5O4Si2/c1-56(2,3)67(49-25-15-9-16-26-49,50-27-17-10-18-28-50)65-47-37-45(38-48(39-47)66-68(57(4,5)6,51-29-19-11-20-30-51)52-31-21-12-22-32-52)62-53-42(40-58-54(60-53)59-43-23-13-8-14-24-43)41-61(55(62)63)44-33-35-46(64-7)36-34-44/h8-36,40,45,47-48H,37-39,41H2,1-7H3,(H,58,59,60)/t45?,47-,48+. The van der Waals surface area contributed by atoms with E-state index in [0.717, 1.165) is 16.9 Å². The monoisotopic (exact) mass is 937 g/mol. The number of benzene rings is 6. The van der Waals surface area contributed by atoms with Crippen LogP contribution in [0.15, 0.2) is 182 Å². The van der Waals surface area contributed by atoms with Crippen molar-refractivity contribution in [2.24, 2.45) is 0 Å². The summed E-state index contributed by atoms with van der Waals surface area (Å²) in [4.78, 5) is 29.5. The van der Waals surface area contributed by atoms with Gasteiger partial charge in [0.05, 0.1) is 25.9 Å². The van der Waals surface area contributed by atoms with Crippen LogP contribution in [0.1, 0.15) is 66.4 Å². The summed E-state index contributed by atoms with van der Waals surface area (Å²) in [6, 6.07) is 60.4. The first-order valence-corrected chi connectivity index (χ1v) is 27.6. The minimum absolute atomic E-state index is 0.160. The van der Waals surface area contributed by atoms with E-state index in [2.05, 4.69) is 168 Å². The number of hydrogen-bond donors (Lipinski definition) is 1. The van der Waals surface area contributed by atoms with E-state index in [-0.39, 0.29) is 34.4 Å².